The van der Waals surface area contributed by atoms with Crippen LogP contribution in [0.3, 0.4) is 0 Å². The van der Waals surface area contributed by atoms with E-state index in [1.54, 1.807) is 0 Å². The minimum absolute atomic E-state index is 0.0495. The Morgan fingerprint density at radius 2 is 0.980 bits per heavy atom. The van der Waals surface area contributed by atoms with Crippen LogP contribution in [0.2, 0.25) is 0 Å². The number of unbranched alkanes of at least 4 members (excludes halogenated alkanes) is 13. The number of carbonyl (C=O) groups excluding carboxylic acids is 1. The quantitative estimate of drug-likeness (QED) is 0.0249. The van der Waals surface area contributed by atoms with Crippen molar-refractivity contribution in [1.29, 1.82) is 0 Å². The molecular weight excluding hydrogens is 654 g/mol. The summed E-state index contributed by atoms with van der Waals surface area (Å²) in [7, 11) is 0. The van der Waals surface area contributed by atoms with Gasteiger partial charge < -0.3 is 54.4 Å². The van der Waals surface area contributed by atoms with E-state index < -0.39 is 37.0 Å². The number of aliphatic hydroxyl groups is 5. The molecule has 0 aromatic carbocycles. The molecule has 0 bridgehead atoms. The molecular formula is C35H71N3O12. The molecule has 9 N–H and O–H groups in total. The fourth-order valence-corrected chi connectivity index (χ4v) is 5.23. The summed E-state index contributed by atoms with van der Waals surface area (Å²) in [4.78, 5) is 21.8. The molecule has 298 valence electrons. The van der Waals surface area contributed by atoms with Crippen molar-refractivity contribution in [3.63, 3.8) is 0 Å². The number of hydrogen-bond donors (Lipinski definition) is 9. The third-order valence-electron chi connectivity index (χ3n) is 8.07. The molecule has 0 spiro atoms. The Bertz CT molecular complexity index is 741. The monoisotopic (exact) mass is 726 g/mol. The summed E-state index contributed by atoms with van der Waals surface area (Å²) < 4.78 is 21.0. The minimum atomic E-state index is -1.17. The number of carbonyl (C=O) groups is 2. The maximum Gasteiger partial charge on any atom is 0.320 e. The smallest absolute Gasteiger partial charge is 0.320 e. The lowest BCUT2D eigenvalue weighted by Gasteiger charge is -2.21. The highest BCUT2D eigenvalue weighted by Gasteiger charge is 2.21. The highest BCUT2D eigenvalue weighted by Crippen LogP contribution is 2.14. The van der Waals surface area contributed by atoms with Gasteiger partial charge in [-0.05, 0) is 38.5 Å². The van der Waals surface area contributed by atoms with E-state index in [2.05, 4.69) is 16.0 Å². The Kier molecular flexibility index (Phi) is 36.4. The van der Waals surface area contributed by atoms with E-state index in [1.807, 2.05) is 0 Å². The van der Waals surface area contributed by atoms with Crippen LogP contribution < -0.4 is 16.0 Å². The summed E-state index contributed by atoms with van der Waals surface area (Å²) in [5, 5.41) is 66.0. The number of carboxylic acid groups (broad SMARTS) is 1. The van der Waals surface area contributed by atoms with Crippen molar-refractivity contribution < 1.29 is 59.2 Å². The third-order valence-corrected chi connectivity index (χ3v) is 8.07. The number of aldehydes is 1. The van der Waals surface area contributed by atoms with Crippen LogP contribution in [0.1, 0.15) is 116 Å². The van der Waals surface area contributed by atoms with Gasteiger partial charge in [0.05, 0.1) is 46.2 Å². The molecule has 4 unspecified atom stereocenters. The zero-order chi connectivity index (χ0) is 36.9. The van der Waals surface area contributed by atoms with Crippen LogP contribution in [-0.4, -0.2) is 140 Å². The number of nitrogens with one attached hydrogen (secondary N) is 3. The Hall–Kier alpha value is -1.34. The second kappa shape index (κ2) is 37.4. The van der Waals surface area contributed by atoms with Gasteiger partial charge >= 0.3 is 5.97 Å². The number of carboxylic acids is 1. The second-order valence-electron chi connectivity index (χ2n) is 12.6. The molecule has 0 aliphatic carbocycles. The first kappa shape index (κ1) is 48.7. The van der Waals surface area contributed by atoms with Crippen LogP contribution in [0.15, 0.2) is 0 Å². The fourth-order valence-electron chi connectivity index (χ4n) is 5.23. The molecule has 0 aliphatic rings. The first-order valence-corrected chi connectivity index (χ1v) is 18.9. The highest BCUT2D eigenvalue weighted by molar-refractivity contribution is 5.73. The largest absolute Gasteiger partial charge is 0.480 e. The zero-order valence-electron chi connectivity index (χ0n) is 30.4. The minimum Gasteiger partial charge on any atom is -0.480 e. The summed E-state index contributed by atoms with van der Waals surface area (Å²) in [6, 6.07) is -0.957. The van der Waals surface area contributed by atoms with Crippen molar-refractivity contribution in [2.24, 2.45) is 0 Å². The molecule has 0 aromatic heterocycles. The van der Waals surface area contributed by atoms with Gasteiger partial charge in [0.2, 0.25) is 0 Å². The summed E-state index contributed by atoms with van der Waals surface area (Å²) in [6.45, 7) is 2.91. The number of ether oxygens (including phenoxy) is 4. The average Bonchev–Trinajstić information content (AvgIpc) is 3.08. The van der Waals surface area contributed by atoms with Gasteiger partial charge in [-0.25, -0.2) is 0 Å². The van der Waals surface area contributed by atoms with E-state index in [0.29, 0.717) is 65.3 Å². The molecule has 0 radical (unpaired) electrons. The third kappa shape index (κ3) is 36.5. The average molecular weight is 726 g/mol. The molecule has 4 atom stereocenters. The van der Waals surface area contributed by atoms with E-state index in [4.69, 9.17) is 29.2 Å². The van der Waals surface area contributed by atoms with Gasteiger partial charge in [0.1, 0.15) is 37.6 Å². The predicted octanol–water partition coefficient (Wildman–Crippen LogP) is 1.76. The lowest BCUT2D eigenvalue weighted by molar-refractivity contribution is -0.141. The number of rotatable bonds is 41. The first-order valence-electron chi connectivity index (χ1n) is 18.9. The lowest BCUT2D eigenvalue weighted by atomic mass is 10.0. The number of aliphatic carboxylic acids is 1. The van der Waals surface area contributed by atoms with Crippen molar-refractivity contribution in [3.8, 4) is 0 Å². The number of hydrogen-bond acceptors (Lipinski definition) is 14. The van der Waals surface area contributed by atoms with Gasteiger partial charge in [0, 0.05) is 13.1 Å². The Labute approximate surface area is 299 Å². The van der Waals surface area contributed by atoms with Gasteiger partial charge in [-0.2, -0.15) is 0 Å². The number of aliphatic hydroxyl groups excluding tert-OH is 4. The highest BCUT2D eigenvalue weighted by atomic mass is 16.5. The standard InChI is InChI=1S/C35H71N3O12/c39-21-24-49-26-25-47-23-20-37-33(42)29-50-28-27-48-22-19-36-31(40)18-17-30(35(45)46)38-32(41)15-13-11-9-7-5-3-1-2-4-6-8-10-12-14-16-34(43)44/h21,30-34,36-38,40-44H,1-20,22-29H2,(H,45,46). The van der Waals surface area contributed by atoms with E-state index in [9.17, 15) is 30.0 Å². The van der Waals surface area contributed by atoms with Crippen LogP contribution in [0.4, 0.5) is 0 Å². The van der Waals surface area contributed by atoms with Crippen molar-refractivity contribution in [3.05, 3.63) is 0 Å². The molecule has 0 rings (SSSR count). The van der Waals surface area contributed by atoms with E-state index in [-0.39, 0.29) is 32.7 Å². The maximum atomic E-state index is 11.7. The lowest BCUT2D eigenvalue weighted by Crippen LogP contribution is -2.44. The summed E-state index contributed by atoms with van der Waals surface area (Å²) in [5.41, 5.74) is 0. The normalized spacial score (nSPS) is 14.2. The molecule has 15 heteroatoms. The van der Waals surface area contributed by atoms with Crippen molar-refractivity contribution >= 4 is 12.3 Å². The van der Waals surface area contributed by atoms with Crippen LogP contribution in [0.5, 0.6) is 0 Å². The van der Waals surface area contributed by atoms with Gasteiger partial charge in [0.15, 0.2) is 6.29 Å². The van der Waals surface area contributed by atoms with Gasteiger partial charge in [-0.1, -0.05) is 77.0 Å². The van der Waals surface area contributed by atoms with E-state index >= 15 is 0 Å². The van der Waals surface area contributed by atoms with Crippen LogP contribution in [-0.2, 0) is 28.5 Å². The molecule has 0 aliphatic heterocycles. The van der Waals surface area contributed by atoms with Crippen molar-refractivity contribution in [2.75, 3.05) is 65.9 Å². The topological polar surface area (TPSA) is 229 Å². The molecule has 0 aromatic rings. The Morgan fingerprint density at radius 3 is 1.48 bits per heavy atom. The van der Waals surface area contributed by atoms with Gasteiger partial charge in [-0.15, -0.1) is 0 Å². The summed E-state index contributed by atoms with van der Waals surface area (Å²) in [5.74, 6) is -1.07. The molecule has 0 saturated carbocycles. The van der Waals surface area contributed by atoms with Gasteiger partial charge in [-0.3, -0.25) is 20.7 Å². The first-order chi connectivity index (χ1) is 24.3. The summed E-state index contributed by atoms with van der Waals surface area (Å²) >= 11 is 0. The second-order valence-corrected chi connectivity index (χ2v) is 12.6. The maximum absolute atomic E-state index is 11.7. The Morgan fingerprint density at radius 1 is 0.520 bits per heavy atom. The van der Waals surface area contributed by atoms with E-state index in [0.717, 1.165) is 32.1 Å². The van der Waals surface area contributed by atoms with Crippen LogP contribution >= 0.6 is 0 Å². The molecule has 0 saturated heterocycles. The van der Waals surface area contributed by atoms with E-state index in [1.165, 1.54) is 57.8 Å². The molecule has 50 heavy (non-hydrogen) atoms. The SMILES string of the molecule is O=CCOCCOCCNC(O)COCCOCCNC(O)CCC(NC(O)CCCCCCCCCCCCCCCCC(O)O)C(=O)O. The zero-order valence-corrected chi connectivity index (χ0v) is 30.4. The van der Waals surface area contributed by atoms with Crippen LogP contribution in [0.25, 0.3) is 0 Å². The van der Waals surface area contributed by atoms with Crippen LogP contribution in [0, 0.1) is 0 Å². The Balaban J connectivity index is 3.64. The molecule has 0 heterocycles. The molecule has 0 fully saturated rings. The van der Waals surface area contributed by atoms with Gasteiger partial charge in [0.25, 0.3) is 0 Å². The molecule has 0 amide bonds. The van der Waals surface area contributed by atoms with Crippen molar-refractivity contribution in [1.82, 2.24) is 16.0 Å². The molecule has 15 nitrogen and oxygen atoms in total. The summed E-state index contributed by atoms with van der Waals surface area (Å²) in [6.07, 6.45) is 14.1. The predicted molar refractivity (Wildman–Crippen MR) is 189 cm³/mol. The van der Waals surface area contributed by atoms with Crippen molar-refractivity contribution in [2.45, 2.75) is 147 Å². The fraction of sp³-hybridized carbons (Fsp3) is 0.943.